The van der Waals surface area contributed by atoms with Gasteiger partial charge in [-0.05, 0) is 60.8 Å². The summed E-state index contributed by atoms with van der Waals surface area (Å²) < 4.78 is 112. The lowest BCUT2D eigenvalue weighted by Gasteiger charge is -2.17. The number of rotatable bonds is 8. The first-order valence-electron chi connectivity index (χ1n) is 10.0. The van der Waals surface area contributed by atoms with Crippen molar-refractivity contribution in [2.45, 2.75) is 30.4 Å². The maximum absolute atomic E-state index is 13.2. The highest BCUT2D eigenvalue weighted by Gasteiger charge is 2.49. The van der Waals surface area contributed by atoms with Crippen LogP contribution in [0.15, 0.2) is 41.3 Å². The van der Waals surface area contributed by atoms with Crippen LogP contribution in [0.5, 0.6) is 11.5 Å². The maximum atomic E-state index is 13.2. The molecule has 17 heteroatoms. The van der Waals surface area contributed by atoms with Crippen LogP contribution in [-0.2, 0) is 30.6 Å². The Morgan fingerprint density at radius 3 is 2.24 bits per heavy atom. The molecule has 0 bridgehead atoms. The molecule has 0 radical (unpaired) electrons. The lowest BCUT2D eigenvalue weighted by atomic mass is 10.1. The van der Waals surface area contributed by atoms with Gasteiger partial charge in [0, 0.05) is 0 Å². The molecule has 0 aliphatic rings. The summed E-state index contributed by atoms with van der Waals surface area (Å²) in [6.07, 6.45) is -5.99. The van der Waals surface area contributed by atoms with Crippen molar-refractivity contribution in [2.75, 3.05) is 13.2 Å². The molecule has 1 amide bonds. The molecule has 0 unspecified atom stereocenters. The number of nitriles is 1. The second-order valence-electron chi connectivity index (χ2n) is 7.03. The first-order chi connectivity index (χ1) is 17.5. The standard InChI is InChI=1S/C21H16F6N2O8S/c1-3-34-19(31)29(9-8-28)37-36-18(30)15-11-14(5-7-17(15)38(32,33)21(25,26)27)35-16-6-4-13(10-12(16)2)20(22,23)24/h4-7,10-11H,3,9H2,1-2H3. The number of hydroxylamine groups is 2. The Kier molecular flexibility index (Phi) is 9.18. The molecule has 0 aliphatic carbocycles. The van der Waals surface area contributed by atoms with Crippen LogP contribution < -0.4 is 4.74 Å². The number of carbonyl (C=O) groups excluding carboxylic acids is 2. The second-order valence-corrected chi connectivity index (χ2v) is 8.94. The number of aryl methyl sites for hydroxylation is 1. The number of sulfone groups is 1. The number of nitrogens with zero attached hydrogens (tertiary/aromatic N) is 2. The van der Waals surface area contributed by atoms with Crippen LogP contribution in [0.1, 0.15) is 28.4 Å². The molecule has 0 N–H and O–H groups in total. The van der Waals surface area contributed by atoms with Crippen molar-refractivity contribution in [1.82, 2.24) is 5.06 Å². The normalized spacial score (nSPS) is 11.9. The van der Waals surface area contributed by atoms with Crippen LogP contribution in [0.25, 0.3) is 0 Å². The van der Waals surface area contributed by atoms with Crippen molar-refractivity contribution >= 4 is 21.9 Å². The Morgan fingerprint density at radius 1 is 1.05 bits per heavy atom. The lowest BCUT2D eigenvalue weighted by Crippen LogP contribution is -2.33. The molecule has 0 atom stereocenters. The third kappa shape index (κ3) is 7.04. The maximum Gasteiger partial charge on any atom is 0.501 e. The average molecular weight is 570 g/mol. The van der Waals surface area contributed by atoms with Crippen molar-refractivity contribution in [1.29, 1.82) is 5.26 Å². The molecular formula is C21H16F6N2O8S. The minimum atomic E-state index is -6.14. The van der Waals surface area contributed by atoms with Gasteiger partial charge in [0.1, 0.15) is 18.0 Å². The van der Waals surface area contributed by atoms with Crippen LogP contribution in [-0.4, -0.2) is 44.2 Å². The highest BCUT2D eigenvalue weighted by atomic mass is 32.2. The van der Waals surface area contributed by atoms with Crippen molar-refractivity contribution in [3.8, 4) is 17.6 Å². The number of amides is 1. The van der Waals surface area contributed by atoms with E-state index in [1.165, 1.54) is 19.9 Å². The van der Waals surface area contributed by atoms with E-state index in [9.17, 15) is 44.3 Å². The van der Waals surface area contributed by atoms with Crippen molar-refractivity contribution in [3.05, 3.63) is 53.1 Å². The Labute approximate surface area is 210 Å². The van der Waals surface area contributed by atoms with Crippen molar-refractivity contribution in [2.24, 2.45) is 0 Å². The van der Waals surface area contributed by atoms with E-state index in [1.54, 1.807) is 0 Å². The number of carbonyl (C=O) groups is 2. The average Bonchev–Trinajstić information content (AvgIpc) is 2.81. The quantitative estimate of drug-likeness (QED) is 0.184. The molecule has 2 rings (SSSR count). The number of benzene rings is 2. The van der Waals surface area contributed by atoms with Crippen LogP contribution >= 0.6 is 0 Å². The Bertz CT molecular complexity index is 1350. The molecule has 0 heterocycles. The van der Waals surface area contributed by atoms with E-state index in [0.29, 0.717) is 24.3 Å². The van der Waals surface area contributed by atoms with E-state index in [4.69, 9.17) is 10.00 Å². The van der Waals surface area contributed by atoms with Gasteiger partial charge in [0.15, 0.2) is 0 Å². The number of halogens is 6. The van der Waals surface area contributed by atoms with Crippen LogP contribution in [0.3, 0.4) is 0 Å². The molecule has 0 aliphatic heterocycles. The molecule has 10 nitrogen and oxygen atoms in total. The fourth-order valence-corrected chi connectivity index (χ4v) is 3.59. The van der Waals surface area contributed by atoms with E-state index < -0.39 is 61.9 Å². The Morgan fingerprint density at radius 2 is 1.71 bits per heavy atom. The summed E-state index contributed by atoms with van der Waals surface area (Å²) in [5, 5.41) is 8.81. The zero-order valence-electron chi connectivity index (χ0n) is 19.2. The summed E-state index contributed by atoms with van der Waals surface area (Å²) in [4.78, 5) is 31.3. The molecule has 38 heavy (non-hydrogen) atoms. The molecule has 0 spiro atoms. The van der Waals surface area contributed by atoms with Gasteiger partial charge in [-0.1, -0.05) is 0 Å². The van der Waals surface area contributed by atoms with Crippen LogP contribution in [0, 0.1) is 18.3 Å². The van der Waals surface area contributed by atoms with Gasteiger partial charge in [0.25, 0.3) is 9.84 Å². The van der Waals surface area contributed by atoms with E-state index in [0.717, 1.165) is 12.1 Å². The minimum Gasteiger partial charge on any atom is -0.457 e. The molecule has 2 aromatic carbocycles. The third-order valence-electron chi connectivity index (χ3n) is 4.38. The summed E-state index contributed by atoms with van der Waals surface area (Å²) in [6, 6.07) is 5.31. The van der Waals surface area contributed by atoms with Crippen molar-refractivity contribution < 1.29 is 63.7 Å². The Balaban J connectivity index is 2.48. The Hall–Kier alpha value is -4.04. The number of hydrogen-bond acceptors (Lipinski definition) is 9. The minimum absolute atomic E-state index is 0.0548. The smallest absolute Gasteiger partial charge is 0.457 e. The predicted octanol–water partition coefficient (Wildman–Crippen LogP) is 5.09. The van der Waals surface area contributed by atoms with E-state index >= 15 is 0 Å². The SMILES string of the molecule is CCOC(=O)N(CC#N)OOC(=O)c1cc(Oc2ccc(C(F)(F)F)cc2C)ccc1S(=O)(=O)C(F)(F)F. The zero-order valence-corrected chi connectivity index (χ0v) is 20.0. The predicted molar refractivity (Wildman–Crippen MR) is 112 cm³/mol. The van der Waals surface area contributed by atoms with Gasteiger partial charge in [-0.25, -0.2) is 18.0 Å². The summed E-state index contributed by atoms with van der Waals surface area (Å²) >= 11 is 0. The topological polar surface area (TPSA) is 132 Å². The van der Waals surface area contributed by atoms with Gasteiger partial charge in [-0.3, -0.25) is 4.89 Å². The molecule has 2 aromatic rings. The highest BCUT2D eigenvalue weighted by molar-refractivity contribution is 7.92. The molecular weight excluding hydrogens is 554 g/mol. The van der Waals surface area contributed by atoms with Gasteiger partial charge >= 0.3 is 23.7 Å². The first-order valence-corrected chi connectivity index (χ1v) is 11.5. The number of alkyl halides is 6. The second kappa shape index (κ2) is 11.6. The third-order valence-corrected chi connectivity index (χ3v) is 5.93. The van der Waals surface area contributed by atoms with Crippen LogP contribution in [0.2, 0.25) is 0 Å². The summed E-state index contributed by atoms with van der Waals surface area (Å²) in [5.41, 5.74) is -8.20. The summed E-state index contributed by atoms with van der Waals surface area (Å²) in [5.74, 6) is -2.54. The molecule has 0 saturated carbocycles. The van der Waals surface area contributed by atoms with Gasteiger partial charge in [-0.2, -0.15) is 31.6 Å². The van der Waals surface area contributed by atoms with E-state index in [-0.39, 0.29) is 23.0 Å². The van der Waals surface area contributed by atoms with Gasteiger partial charge in [-0.15, -0.1) is 5.06 Å². The zero-order chi connectivity index (χ0) is 28.9. The monoisotopic (exact) mass is 570 g/mol. The van der Waals surface area contributed by atoms with E-state index in [2.05, 4.69) is 14.6 Å². The van der Waals surface area contributed by atoms with Crippen LogP contribution in [0.4, 0.5) is 31.1 Å². The fraction of sp³-hybridized carbons (Fsp3) is 0.286. The molecule has 0 aromatic heterocycles. The summed E-state index contributed by atoms with van der Waals surface area (Å²) in [6.45, 7) is 1.55. The fourth-order valence-electron chi connectivity index (χ4n) is 2.66. The van der Waals surface area contributed by atoms with Gasteiger partial charge in [0.2, 0.25) is 0 Å². The largest absolute Gasteiger partial charge is 0.501 e. The van der Waals surface area contributed by atoms with E-state index in [1.807, 2.05) is 0 Å². The number of ether oxygens (including phenoxy) is 2. The van der Waals surface area contributed by atoms with Crippen molar-refractivity contribution in [3.63, 3.8) is 0 Å². The molecule has 0 fully saturated rings. The van der Waals surface area contributed by atoms with Gasteiger partial charge < -0.3 is 9.47 Å². The first kappa shape index (κ1) is 30.2. The highest BCUT2D eigenvalue weighted by Crippen LogP contribution is 2.37. The molecule has 206 valence electrons. The number of hydrogen-bond donors (Lipinski definition) is 0. The lowest BCUT2D eigenvalue weighted by molar-refractivity contribution is -0.365. The molecule has 0 saturated heterocycles. The summed E-state index contributed by atoms with van der Waals surface area (Å²) in [7, 11) is -6.14. The van der Waals surface area contributed by atoms with Gasteiger partial charge in [0.05, 0.1) is 28.7 Å².